The predicted octanol–water partition coefficient (Wildman–Crippen LogP) is 4.12. The first-order chi connectivity index (χ1) is 12.0. The van der Waals surface area contributed by atoms with Gasteiger partial charge in [-0.2, -0.15) is 5.10 Å². The van der Waals surface area contributed by atoms with Crippen LogP contribution in [-0.4, -0.2) is 23.0 Å². The number of hydrogen-bond donors (Lipinski definition) is 1. The van der Waals surface area contributed by atoms with Crippen LogP contribution in [0.4, 0.5) is 14.5 Å². The van der Waals surface area contributed by atoms with Gasteiger partial charge in [0.15, 0.2) is 0 Å². The number of aromatic nitrogens is 2. The van der Waals surface area contributed by atoms with Crippen molar-refractivity contribution in [2.45, 2.75) is 32.4 Å². The molecule has 1 unspecified atom stereocenters. The molecule has 5 nitrogen and oxygen atoms in total. The number of nitrogens with two attached hydrogens (primary N) is 1. The van der Waals surface area contributed by atoms with Crippen LogP contribution in [0.15, 0.2) is 25.0 Å². The zero-order valence-corrected chi connectivity index (χ0v) is 14.1. The minimum Gasteiger partial charge on any atom is -0.494 e. The molecule has 0 aliphatic carbocycles. The van der Waals surface area contributed by atoms with E-state index in [1.807, 2.05) is 0 Å². The lowest BCUT2D eigenvalue weighted by atomic mass is 10.0. The first kappa shape index (κ1) is 17.4. The van der Waals surface area contributed by atoms with Crippen molar-refractivity contribution in [1.29, 1.82) is 0 Å². The second-order valence-electron chi connectivity index (χ2n) is 5.90. The summed E-state index contributed by atoms with van der Waals surface area (Å²) in [6.45, 7) is 6.38. The molecule has 2 N–H and O–H groups in total. The maximum absolute atomic E-state index is 15.0. The molecule has 1 aromatic carbocycles. The summed E-state index contributed by atoms with van der Waals surface area (Å²) in [5.41, 5.74) is 5.79. The summed E-state index contributed by atoms with van der Waals surface area (Å²) in [5, 5.41) is 4.21. The van der Waals surface area contributed by atoms with Crippen molar-refractivity contribution in [3.63, 3.8) is 0 Å². The van der Waals surface area contributed by atoms with Crippen LogP contribution in [0.1, 0.15) is 38.0 Å². The van der Waals surface area contributed by atoms with E-state index in [9.17, 15) is 8.78 Å². The van der Waals surface area contributed by atoms with Gasteiger partial charge in [-0.25, -0.2) is 13.5 Å². The third kappa shape index (κ3) is 3.37. The monoisotopic (exact) mass is 349 g/mol. The lowest BCUT2D eigenvalue weighted by Gasteiger charge is -2.22. The summed E-state index contributed by atoms with van der Waals surface area (Å²) in [4.78, 5) is 0. The molecule has 1 aromatic heterocycles. The molecule has 0 saturated carbocycles. The molecule has 7 heteroatoms. The van der Waals surface area contributed by atoms with Crippen LogP contribution in [0.2, 0.25) is 0 Å². The van der Waals surface area contributed by atoms with Crippen LogP contribution in [0, 0.1) is 11.6 Å². The van der Waals surface area contributed by atoms with E-state index >= 15 is 0 Å². The molecule has 0 amide bonds. The van der Waals surface area contributed by atoms with Crippen LogP contribution in [0.3, 0.4) is 0 Å². The largest absolute Gasteiger partial charge is 0.494 e. The minimum absolute atomic E-state index is 0.0279. The Morgan fingerprint density at radius 1 is 1.48 bits per heavy atom. The van der Waals surface area contributed by atoms with Crippen molar-refractivity contribution in [2.24, 2.45) is 0 Å². The quantitative estimate of drug-likeness (QED) is 0.652. The molecule has 0 bridgehead atoms. The molecular weight excluding hydrogens is 328 g/mol. The van der Waals surface area contributed by atoms with E-state index in [0.717, 1.165) is 25.3 Å². The zero-order chi connectivity index (χ0) is 18.0. The maximum Gasteiger partial charge on any atom is 0.150 e. The second-order valence-corrected chi connectivity index (χ2v) is 5.90. The average Bonchev–Trinajstić information content (AvgIpc) is 3.05. The molecule has 1 atom stereocenters. The Bertz CT molecular complexity index is 783. The third-order valence-corrected chi connectivity index (χ3v) is 4.19. The fourth-order valence-corrected chi connectivity index (χ4v) is 2.99. The summed E-state index contributed by atoms with van der Waals surface area (Å²) >= 11 is 0. The van der Waals surface area contributed by atoms with Gasteiger partial charge in [-0.15, -0.1) is 0 Å². The van der Waals surface area contributed by atoms with Crippen LogP contribution >= 0.6 is 0 Å². The number of anilines is 1. The van der Waals surface area contributed by atoms with Gasteiger partial charge in [0.05, 0.1) is 23.9 Å². The average molecular weight is 349 g/mol. The van der Waals surface area contributed by atoms with E-state index in [0.29, 0.717) is 18.8 Å². The highest BCUT2D eigenvalue weighted by atomic mass is 19.1. The molecule has 1 aliphatic heterocycles. The van der Waals surface area contributed by atoms with Gasteiger partial charge in [-0.3, -0.25) is 0 Å². The van der Waals surface area contributed by atoms with Crippen molar-refractivity contribution in [3.05, 3.63) is 42.2 Å². The Labute approximate surface area is 145 Å². The first-order valence-electron chi connectivity index (χ1n) is 8.28. The standard InChI is InChI=1S/C18H21F2N3O2/c1-3-24-11(2)16-14(21)8-13(19)17(18(16)20)12-9-22-23(10-12)15-6-4-5-7-25-15/h8-10,15H,2-7,21H2,1H3. The van der Waals surface area contributed by atoms with Gasteiger partial charge in [0.2, 0.25) is 0 Å². The summed E-state index contributed by atoms with van der Waals surface area (Å²) in [7, 11) is 0. The Kier molecular flexibility index (Phi) is 5.03. The number of ether oxygens (including phenoxy) is 2. The van der Waals surface area contributed by atoms with Crippen molar-refractivity contribution < 1.29 is 18.3 Å². The van der Waals surface area contributed by atoms with Crippen LogP contribution < -0.4 is 5.73 Å². The molecule has 25 heavy (non-hydrogen) atoms. The molecular formula is C18H21F2N3O2. The zero-order valence-electron chi connectivity index (χ0n) is 14.1. The fourth-order valence-electron chi connectivity index (χ4n) is 2.99. The lowest BCUT2D eigenvalue weighted by Crippen LogP contribution is -2.18. The van der Waals surface area contributed by atoms with Crippen LogP contribution in [0.5, 0.6) is 0 Å². The summed E-state index contributed by atoms with van der Waals surface area (Å²) < 4.78 is 41.9. The Morgan fingerprint density at radius 3 is 2.96 bits per heavy atom. The van der Waals surface area contributed by atoms with Gasteiger partial charge in [0.25, 0.3) is 0 Å². The van der Waals surface area contributed by atoms with Gasteiger partial charge >= 0.3 is 0 Å². The minimum atomic E-state index is -0.805. The third-order valence-electron chi connectivity index (χ3n) is 4.19. The van der Waals surface area contributed by atoms with E-state index in [1.165, 1.54) is 6.20 Å². The van der Waals surface area contributed by atoms with Gasteiger partial charge in [0.1, 0.15) is 23.6 Å². The highest BCUT2D eigenvalue weighted by Crippen LogP contribution is 2.35. The molecule has 134 valence electrons. The van der Waals surface area contributed by atoms with E-state index in [4.69, 9.17) is 15.2 Å². The summed E-state index contributed by atoms with van der Waals surface area (Å²) in [6.07, 6.45) is 5.65. The van der Waals surface area contributed by atoms with E-state index in [1.54, 1.807) is 17.8 Å². The Balaban J connectivity index is 2.01. The van der Waals surface area contributed by atoms with Gasteiger partial charge in [-0.05, 0) is 32.3 Å². The molecule has 3 rings (SSSR count). The molecule has 1 fully saturated rings. The number of nitrogens with zero attached hydrogens (tertiary/aromatic N) is 2. The molecule has 1 saturated heterocycles. The second kappa shape index (κ2) is 7.23. The summed E-state index contributed by atoms with van der Waals surface area (Å²) in [5.74, 6) is -1.49. The number of nitrogen functional groups attached to an aromatic ring is 1. The van der Waals surface area contributed by atoms with Crippen molar-refractivity contribution in [3.8, 4) is 11.1 Å². The molecule has 1 aliphatic rings. The van der Waals surface area contributed by atoms with Crippen LogP contribution in [-0.2, 0) is 9.47 Å². The predicted molar refractivity (Wildman–Crippen MR) is 91.5 cm³/mol. The van der Waals surface area contributed by atoms with E-state index in [2.05, 4.69) is 11.7 Å². The fraction of sp³-hybridized carbons (Fsp3) is 0.389. The van der Waals surface area contributed by atoms with Crippen molar-refractivity contribution in [1.82, 2.24) is 9.78 Å². The molecule has 0 radical (unpaired) electrons. The lowest BCUT2D eigenvalue weighted by molar-refractivity contribution is -0.0394. The number of benzene rings is 1. The normalized spacial score (nSPS) is 17.5. The molecule has 0 spiro atoms. The first-order valence-corrected chi connectivity index (χ1v) is 8.28. The number of halogens is 2. The smallest absolute Gasteiger partial charge is 0.150 e. The summed E-state index contributed by atoms with van der Waals surface area (Å²) in [6, 6.07) is 1.08. The maximum atomic E-state index is 15.0. The number of rotatable bonds is 5. The molecule has 2 heterocycles. The highest BCUT2D eigenvalue weighted by Gasteiger charge is 2.24. The van der Waals surface area contributed by atoms with Crippen molar-refractivity contribution >= 4 is 11.4 Å². The van der Waals surface area contributed by atoms with Crippen molar-refractivity contribution in [2.75, 3.05) is 18.9 Å². The van der Waals surface area contributed by atoms with Gasteiger partial charge in [0, 0.05) is 24.1 Å². The van der Waals surface area contributed by atoms with Gasteiger partial charge in [-0.1, -0.05) is 6.58 Å². The topological polar surface area (TPSA) is 62.3 Å². The Hall–Kier alpha value is -2.41. The SMILES string of the molecule is C=C(OCC)c1c(N)cc(F)c(-c2cnn(C3CCCCO3)c2)c1F. The van der Waals surface area contributed by atoms with E-state index in [-0.39, 0.29) is 28.8 Å². The Morgan fingerprint density at radius 2 is 2.28 bits per heavy atom. The van der Waals surface area contributed by atoms with Gasteiger partial charge < -0.3 is 15.2 Å². The van der Waals surface area contributed by atoms with Crippen LogP contribution in [0.25, 0.3) is 16.9 Å². The number of hydrogen-bond acceptors (Lipinski definition) is 4. The highest BCUT2D eigenvalue weighted by molar-refractivity contribution is 5.77. The van der Waals surface area contributed by atoms with E-state index < -0.39 is 11.6 Å². The molecule has 2 aromatic rings.